The number of morpholine rings is 1. The topological polar surface area (TPSA) is 49.9 Å². The van der Waals surface area contributed by atoms with Crippen LogP contribution in [0.3, 0.4) is 0 Å². The number of hydrogen-bond acceptors (Lipinski definition) is 3. The van der Waals surface area contributed by atoms with E-state index in [1.54, 1.807) is 4.90 Å². The molecule has 2 aliphatic rings. The molecule has 0 N–H and O–H groups in total. The van der Waals surface area contributed by atoms with Gasteiger partial charge in [0.1, 0.15) is 0 Å². The van der Waals surface area contributed by atoms with E-state index >= 15 is 0 Å². The highest BCUT2D eigenvalue weighted by molar-refractivity contribution is 6.00. The van der Waals surface area contributed by atoms with Crippen molar-refractivity contribution in [3.63, 3.8) is 0 Å². The standard InChI is InChI=1S/C17H22N2O3/c1-12-7-13(2)9-15(8-12)19-11-14(10-16(19)20)17(21)18-3-5-22-6-4-18/h7-9,14H,3-6,10-11H2,1-2H3/t14-/m0/s1. The Hall–Kier alpha value is -1.88. The Balaban J connectivity index is 1.73. The number of anilines is 1. The molecule has 2 heterocycles. The minimum absolute atomic E-state index is 0.0385. The Kier molecular flexibility index (Phi) is 4.16. The molecule has 1 aromatic carbocycles. The van der Waals surface area contributed by atoms with Crippen LogP contribution in [0.15, 0.2) is 18.2 Å². The summed E-state index contributed by atoms with van der Waals surface area (Å²) in [5, 5.41) is 0. The highest BCUT2D eigenvalue weighted by Crippen LogP contribution is 2.28. The number of hydrogen-bond donors (Lipinski definition) is 0. The van der Waals surface area contributed by atoms with Gasteiger partial charge >= 0.3 is 0 Å². The maximum atomic E-state index is 12.5. The molecule has 22 heavy (non-hydrogen) atoms. The lowest BCUT2D eigenvalue weighted by Gasteiger charge is -2.29. The van der Waals surface area contributed by atoms with E-state index in [0.29, 0.717) is 39.3 Å². The lowest BCUT2D eigenvalue weighted by atomic mass is 10.1. The number of carbonyl (C=O) groups is 2. The summed E-state index contributed by atoms with van der Waals surface area (Å²) in [5.74, 6) is -0.105. The van der Waals surface area contributed by atoms with Crippen LogP contribution in [0.25, 0.3) is 0 Å². The first kappa shape index (κ1) is 15.0. The molecular formula is C17H22N2O3. The summed E-state index contributed by atoms with van der Waals surface area (Å²) >= 11 is 0. The second-order valence-electron chi connectivity index (χ2n) is 6.19. The summed E-state index contributed by atoms with van der Waals surface area (Å²) in [6.07, 6.45) is 0.309. The fourth-order valence-electron chi connectivity index (χ4n) is 3.27. The Morgan fingerprint density at radius 3 is 2.41 bits per heavy atom. The van der Waals surface area contributed by atoms with E-state index in [0.717, 1.165) is 16.8 Å². The molecule has 0 spiro atoms. The molecule has 3 rings (SSSR count). The zero-order chi connectivity index (χ0) is 15.7. The predicted octanol–water partition coefficient (Wildman–Crippen LogP) is 1.52. The lowest BCUT2D eigenvalue weighted by molar-refractivity contribution is -0.139. The van der Waals surface area contributed by atoms with Crippen LogP contribution in [0.1, 0.15) is 17.5 Å². The SMILES string of the molecule is Cc1cc(C)cc(N2C[C@@H](C(=O)N3CCOCC3)CC2=O)c1. The molecule has 118 valence electrons. The summed E-state index contributed by atoms with van der Waals surface area (Å²) in [5.41, 5.74) is 3.16. The molecule has 0 bridgehead atoms. The molecule has 2 amide bonds. The van der Waals surface area contributed by atoms with Crippen LogP contribution in [0.2, 0.25) is 0 Å². The zero-order valence-electron chi connectivity index (χ0n) is 13.2. The Bertz CT molecular complexity index is 573. The van der Waals surface area contributed by atoms with Crippen LogP contribution in [-0.4, -0.2) is 49.6 Å². The molecule has 1 aromatic rings. The van der Waals surface area contributed by atoms with Gasteiger partial charge in [-0.05, 0) is 37.1 Å². The summed E-state index contributed by atoms with van der Waals surface area (Å²) in [6, 6.07) is 6.10. The van der Waals surface area contributed by atoms with Gasteiger partial charge in [-0.25, -0.2) is 0 Å². The van der Waals surface area contributed by atoms with Crippen molar-refractivity contribution in [1.82, 2.24) is 4.90 Å². The predicted molar refractivity (Wildman–Crippen MR) is 83.8 cm³/mol. The second kappa shape index (κ2) is 6.08. The van der Waals surface area contributed by atoms with Crippen molar-refractivity contribution < 1.29 is 14.3 Å². The molecule has 0 unspecified atom stereocenters. The average molecular weight is 302 g/mol. The highest BCUT2D eigenvalue weighted by Gasteiger charge is 2.37. The number of rotatable bonds is 2. The van der Waals surface area contributed by atoms with E-state index in [1.807, 2.05) is 30.9 Å². The van der Waals surface area contributed by atoms with E-state index < -0.39 is 0 Å². The van der Waals surface area contributed by atoms with Crippen molar-refractivity contribution in [3.8, 4) is 0 Å². The fraction of sp³-hybridized carbons (Fsp3) is 0.529. The minimum Gasteiger partial charge on any atom is -0.378 e. The van der Waals surface area contributed by atoms with Crippen molar-refractivity contribution in [2.45, 2.75) is 20.3 Å². The number of amides is 2. The van der Waals surface area contributed by atoms with Gasteiger partial charge in [0.15, 0.2) is 0 Å². The first-order valence-corrected chi connectivity index (χ1v) is 7.80. The van der Waals surface area contributed by atoms with E-state index in [2.05, 4.69) is 6.07 Å². The first-order valence-electron chi connectivity index (χ1n) is 7.80. The molecule has 2 fully saturated rings. The number of carbonyl (C=O) groups excluding carboxylic acids is 2. The molecule has 0 aliphatic carbocycles. The zero-order valence-corrected chi connectivity index (χ0v) is 13.2. The third-order valence-corrected chi connectivity index (χ3v) is 4.32. The second-order valence-corrected chi connectivity index (χ2v) is 6.19. The van der Waals surface area contributed by atoms with Crippen molar-refractivity contribution in [2.75, 3.05) is 37.7 Å². The number of aryl methyl sites for hydroxylation is 2. The smallest absolute Gasteiger partial charge is 0.228 e. The lowest BCUT2D eigenvalue weighted by Crippen LogP contribution is -2.44. The molecule has 2 saturated heterocycles. The molecule has 0 radical (unpaired) electrons. The van der Waals surface area contributed by atoms with Gasteiger partial charge in [0.05, 0.1) is 19.1 Å². The molecule has 1 atom stereocenters. The summed E-state index contributed by atoms with van der Waals surface area (Å²) < 4.78 is 5.28. The molecule has 2 aliphatic heterocycles. The van der Waals surface area contributed by atoms with E-state index in [4.69, 9.17) is 4.74 Å². The fourth-order valence-corrected chi connectivity index (χ4v) is 3.27. The van der Waals surface area contributed by atoms with Crippen LogP contribution >= 0.6 is 0 Å². The van der Waals surface area contributed by atoms with Crippen LogP contribution in [0.5, 0.6) is 0 Å². The highest BCUT2D eigenvalue weighted by atomic mass is 16.5. The minimum atomic E-state index is -0.230. The summed E-state index contributed by atoms with van der Waals surface area (Å²) in [6.45, 7) is 6.97. The van der Waals surface area contributed by atoms with E-state index in [-0.39, 0.29) is 17.7 Å². The van der Waals surface area contributed by atoms with Crippen molar-refractivity contribution >= 4 is 17.5 Å². The van der Waals surface area contributed by atoms with Gasteiger partial charge in [0, 0.05) is 31.7 Å². The Morgan fingerprint density at radius 2 is 1.77 bits per heavy atom. The van der Waals surface area contributed by atoms with Crippen molar-refractivity contribution in [2.24, 2.45) is 5.92 Å². The quantitative estimate of drug-likeness (QED) is 0.832. The third-order valence-electron chi connectivity index (χ3n) is 4.32. The largest absolute Gasteiger partial charge is 0.378 e. The van der Waals surface area contributed by atoms with E-state index in [9.17, 15) is 9.59 Å². The van der Waals surface area contributed by atoms with Gasteiger partial charge in [0.2, 0.25) is 11.8 Å². The number of benzene rings is 1. The molecular weight excluding hydrogens is 280 g/mol. The molecule has 5 nitrogen and oxygen atoms in total. The molecule has 0 aromatic heterocycles. The van der Waals surface area contributed by atoms with Gasteiger partial charge in [-0.2, -0.15) is 0 Å². The van der Waals surface area contributed by atoms with E-state index in [1.165, 1.54) is 0 Å². The monoisotopic (exact) mass is 302 g/mol. The van der Waals surface area contributed by atoms with Gasteiger partial charge in [-0.1, -0.05) is 6.07 Å². The average Bonchev–Trinajstić information content (AvgIpc) is 2.88. The molecule has 0 saturated carbocycles. The normalized spacial score (nSPS) is 22.3. The number of nitrogens with zero attached hydrogens (tertiary/aromatic N) is 2. The van der Waals surface area contributed by atoms with Gasteiger partial charge in [0.25, 0.3) is 0 Å². The van der Waals surface area contributed by atoms with Crippen LogP contribution in [0, 0.1) is 19.8 Å². The maximum absolute atomic E-state index is 12.5. The van der Waals surface area contributed by atoms with Gasteiger partial charge in [-0.3, -0.25) is 9.59 Å². The van der Waals surface area contributed by atoms with Crippen LogP contribution < -0.4 is 4.90 Å². The Labute approximate surface area is 130 Å². The van der Waals surface area contributed by atoms with Crippen molar-refractivity contribution in [1.29, 1.82) is 0 Å². The van der Waals surface area contributed by atoms with Crippen LogP contribution in [0.4, 0.5) is 5.69 Å². The number of ether oxygens (including phenoxy) is 1. The maximum Gasteiger partial charge on any atom is 0.228 e. The third kappa shape index (κ3) is 2.99. The van der Waals surface area contributed by atoms with Crippen molar-refractivity contribution in [3.05, 3.63) is 29.3 Å². The van der Waals surface area contributed by atoms with Crippen LogP contribution in [-0.2, 0) is 14.3 Å². The summed E-state index contributed by atoms with van der Waals surface area (Å²) in [4.78, 5) is 28.5. The summed E-state index contributed by atoms with van der Waals surface area (Å²) in [7, 11) is 0. The Morgan fingerprint density at radius 1 is 1.14 bits per heavy atom. The first-order chi connectivity index (χ1) is 10.5. The van der Waals surface area contributed by atoms with Gasteiger partial charge in [-0.15, -0.1) is 0 Å². The molecule has 5 heteroatoms. The van der Waals surface area contributed by atoms with Gasteiger partial charge < -0.3 is 14.5 Å².